The van der Waals surface area contributed by atoms with Crippen LogP contribution in [0.4, 0.5) is 0 Å². The van der Waals surface area contributed by atoms with E-state index in [4.69, 9.17) is 18.9 Å². The first-order valence-corrected chi connectivity index (χ1v) is 17.0. The highest BCUT2D eigenvalue weighted by Crippen LogP contribution is 2.34. The molecule has 1 saturated carbocycles. The Morgan fingerprint density at radius 1 is 0.848 bits per heavy atom. The molecule has 0 atom stereocenters. The van der Waals surface area contributed by atoms with Crippen molar-refractivity contribution in [3.8, 4) is 28.4 Å². The van der Waals surface area contributed by atoms with Crippen molar-refractivity contribution >= 4 is 5.78 Å². The number of aryl methyl sites for hydroxylation is 3. The smallest absolute Gasteiger partial charge is 0.132 e. The quantitative estimate of drug-likeness (QED) is 0.0755. The summed E-state index contributed by atoms with van der Waals surface area (Å²) in [6.45, 7) is 16.4. The number of Topliss-reactive ketones (excluding diaryl/α,β-unsaturated/α-hetero) is 1. The van der Waals surface area contributed by atoms with Crippen LogP contribution >= 0.6 is 0 Å². The molecule has 1 aliphatic rings. The average Bonchev–Trinajstić information content (AvgIpc) is 3.06. The fraction of sp³-hybridized carbons (Fsp3) is 0.439. The number of ether oxygens (including phenoxy) is 4. The minimum absolute atomic E-state index is 0.378. The third-order valence-electron chi connectivity index (χ3n) is 8.70. The van der Waals surface area contributed by atoms with Gasteiger partial charge >= 0.3 is 0 Å². The van der Waals surface area contributed by atoms with Crippen LogP contribution in [0.15, 0.2) is 79.6 Å². The largest absolute Gasteiger partial charge is 0.490 e. The van der Waals surface area contributed by atoms with Gasteiger partial charge in [-0.05, 0) is 122 Å². The number of benzene rings is 3. The minimum atomic E-state index is 0.378. The van der Waals surface area contributed by atoms with Crippen LogP contribution < -0.4 is 14.2 Å². The average molecular weight is 625 g/mol. The van der Waals surface area contributed by atoms with Crippen LogP contribution in [-0.4, -0.2) is 32.2 Å². The first kappa shape index (κ1) is 35.0. The highest BCUT2D eigenvalue weighted by atomic mass is 16.5. The topological polar surface area (TPSA) is 54.0 Å². The van der Waals surface area contributed by atoms with Gasteiger partial charge in [0.1, 0.15) is 42.0 Å². The summed E-state index contributed by atoms with van der Waals surface area (Å²) in [6.07, 6.45) is 11.8. The van der Waals surface area contributed by atoms with Crippen LogP contribution in [-0.2, 0) is 22.4 Å². The molecule has 3 aromatic carbocycles. The molecule has 0 N–H and O–H groups in total. The second-order valence-electron chi connectivity index (χ2n) is 12.5. The highest BCUT2D eigenvalue weighted by molar-refractivity contribution is 5.79. The lowest BCUT2D eigenvalue weighted by atomic mass is 9.89. The summed E-state index contributed by atoms with van der Waals surface area (Å²) in [5.41, 5.74) is 6.71. The van der Waals surface area contributed by atoms with E-state index in [-0.39, 0.29) is 0 Å². The van der Waals surface area contributed by atoms with E-state index in [1.807, 2.05) is 0 Å². The minimum Gasteiger partial charge on any atom is -0.490 e. The first-order valence-electron chi connectivity index (χ1n) is 17.0. The van der Waals surface area contributed by atoms with Crippen molar-refractivity contribution in [1.82, 2.24) is 0 Å². The monoisotopic (exact) mass is 624 g/mol. The van der Waals surface area contributed by atoms with Gasteiger partial charge in [-0.25, -0.2) is 0 Å². The number of ketones is 1. The standard InChI is InChI=1S/C41H52O5/c1-6-8-9-10-11-33-14-20-39(21-15-33)44-24-25-45-41-30(3)26-37(27-31(41)4)36-17-16-35(40(28-36)46-32(5)7-2)22-23-43-29-34-12-18-38(42)19-13-34/h7,14-17,20-21,26-28,34H,2,5-6,8-13,18-19,22-25,29H2,1,3-4H3. The molecule has 5 nitrogen and oxygen atoms in total. The van der Waals surface area contributed by atoms with Gasteiger partial charge in [-0.2, -0.15) is 0 Å². The molecular formula is C41H52O5. The van der Waals surface area contributed by atoms with Crippen LogP contribution in [0.25, 0.3) is 11.1 Å². The maximum absolute atomic E-state index is 11.5. The molecule has 0 amide bonds. The van der Waals surface area contributed by atoms with Crippen molar-refractivity contribution < 1.29 is 23.7 Å². The molecule has 46 heavy (non-hydrogen) atoms. The van der Waals surface area contributed by atoms with E-state index < -0.39 is 0 Å². The van der Waals surface area contributed by atoms with Gasteiger partial charge in [0.05, 0.1) is 6.61 Å². The molecule has 0 heterocycles. The fourth-order valence-electron chi connectivity index (χ4n) is 5.97. The number of carbonyl (C=O) groups excluding carboxylic acids is 1. The van der Waals surface area contributed by atoms with Gasteiger partial charge in [0, 0.05) is 19.4 Å². The SMILES string of the molecule is C=CC(=C)Oc1cc(-c2cc(C)c(OCCOc3ccc(CCCCCC)cc3)c(C)c2)ccc1CCOCC1CCC(=O)CC1. The van der Waals surface area contributed by atoms with E-state index in [2.05, 4.69) is 88.5 Å². The van der Waals surface area contributed by atoms with Crippen molar-refractivity contribution in [2.24, 2.45) is 5.92 Å². The predicted octanol–water partition coefficient (Wildman–Crippen LogP) is 9.95. The maximum atomic E-state index is 11.5. The van der Waals surface area contributed by atoms with E-state index in [9.17, 15) is 4.79 Å². The Hall–Kier alpha value is -3.83. The zero-order chi connectivity index (χ0) is 32.7. The van der Waals surface area contributed by atoms with E-state index in [1.54, 1.807) is 6.08 Å². The second kappa shape index (κ2) is 18.3. The Balaban J connectivity index is 1.32. The van der Waals surface area contributed by atoms with Crippen LogP contribution in [0.3, 0.4) is 0 Å². The molecule has 0 spiro atoms. The van der Waals surface area contributed by atoms with Gasteiger partial charge in [0.2, 0.25) is 0 Å². The van der Waals surface area contributed by atoms with Gasteiger partial charge in [-0.3, -0.25) is 4.79 Å². The molecular weight excluding hydrogens is 572 g/mol. The number of unbranched alkanes of at least 4 members (excludes halogenated alkanes) is 3. The van der Waals surface area contributed by atoms with Gasteiger partial charge < -0.3 is 18.9 Å². The highest BCUT2D eigenvalue weighted by Gasteiger charge is 2.19. The summed E-state index contributed by atoms with van der Waals surface area (Å²) in [5.74, 6) is 3.88. The number of hydrogen-bond donors (Lipinski definition) is 0. The summed E-state index contributed by atoms with van der Waals surface area (Å²) in [4.78, 5) is 11.5. The zero-order valence-electron chi connectivity index (χ0n) is 28.2. The normalized spacial score (nSPS) is 13.4. The van der Waals surface area contributed by atoms with Crippen molar-refractivity contribution in [1.29, 1.82) is 0 Å². The zero-order valence-corrected chi connectivity index (χ0v) is 28.2. The van der Waals surface area contributed by atoms with Gasteiger partial charge in [0.25, 0.3) is 0 Å². The van der Waals surface area contributed by atoms with Crippen LogP contribution in [0.1, 0.15) is 80.5 Å². The first-order chi connectivity index (χ1) is 22.4. The lowest BCUT2D eigenvalue weighted by Crippen LogP contribution is -2.19. The summed E-state index contributed by atoms with van der Waals surface area (Å²) < 4.78 is 24.3. The molecule has 0 bridgehead atoms. The van der Waals surface area contributed by atoms with E-state index in [1.165, 1.54) is 31.2 Å². The number of hydrogen-bond acceptors (Lipinski definition) is 5. The summed E-state index contributed by atoms with van der Waals surface area (Å²) >= 11 is 0. The Morgan fingerprint density at radius 2 is 1.57 bits per heavy atom. The molecule has 1 aliphatic carbocycles. The van der Waals surface area contributed by atoms with E-state index >= 15 is 0 Å². The molecule has 3 aromatic rings. The van der Waals surface area contributed by atoms with Gasteiger partial charge in [0.15, 0.2) is 0 Å². The van der Waals surface area contributed by atoms with Gasteiger partial charge in [-0.1, -0.05) is 63.6 Å². The fourth-order valence-corrected chi connectivity index (χ4v) is 5.97. The van der Waals surface area contributed by atoms with Crippen LogP contribution in [0.2, 0.25) is 0 Å². The molecule has 5 heteroatoms. The second-order valence-corrected chi connectivity index (χ2v) is 12.5. The third kappa shape index (κ3) is 10.9. The molecule has 0 unspecified atom stereocenters. The maximum Gasteiger partial charge on any atom is 0.132 e. The van der Waals surface area contributed by atoms with Gasteiger partial charge in [-0.15, -0.1) is 0 Å². The summed E-state index contributed by atoms with van der Waals surface area (Å²) in [7, 11) is 0. The van der Waals surface area contributed by atoms with Crippen LogP contribution in [0, 0.1) is 19.8 Å². The third-order valence-corrected chi connectivity index (χ3v) is 8.70. The molecule has 0 aromatic heterocycles. The molecule has 246 valence electrons. The molecule has 4 rings (SSSR count). The van der Waals surface area contributed by atoms with E-state index in [0.29, 0.717) is 56.7 Å². The Kier molecular flexibility index (Phi) is 14.0. The molecule has 1 fully saturated rings. The van der Waals surface area contributed by atoms with Crippen molar-refractivity contribution in [3.63, 3.8) is 0 Å². The molecule has 0 saturated heterocycles. The van der Waals surface area contributed by atoms with Crippen molar-refractivity contribution in [3.05, 3.63) is 102 Å². The summed E-state index contributed by atoms with van der Waals surface area (Å²) in [6, 6.07) is 19.1. The lowest BCUT2D eigenvalue weighted by molar-refractivity contribution is -0.121. The van der Waals surface area contributed by atoms with Crippen molar-refractivity contribution in [2.75, 3.05) is 26.4 Å². The molecule has 0 aliphatic heterocycles. The van der Waals surface area contributed by atoms with Crippen molar-refractivity contribution in [2.45, 2.75) is 85.0 Å². The number of allylic oxidation sites excluding steroid dienone is 1. The number of carbonyl (C=O) groups is 1. The predicted molar refractivity (Wildman–Crippen MR) is 188 cm³/mol. The Labute approximate surface area is 276 Å². The lowest BCUT2D eigenvalue weighted by Gasteiger charge is -2.21. The van der Waals surface area contributed by atoms with Crippen LogP contribution in [0.5, 0.6) is 17.2 Å². The number of rotatable bonds is 19. The van der Waals surface area contributed by atoms with E-state index in [0.717, 1.165) is 70.7 Å². The Bertz CT molecular complexity index is 1400. The molecule has 0 radical (unpaired) electrons. The summed E-state index contributed by atoms with van der Waals surface area (Å²) in [5, 5.41) is 0. The Morgan fingerprint density at radius 3 is 2.26 bits per heavy atom.